The monoisotopic (exact) mass is 357 g/mol. The van der Waals surface area contributed by atoms with Gasteiger partial charge in [0.2, 0.25) is 0 Å². The maximum Gasteiger partial charge on any atom is 0.169 e. The average molecular weight is 357 g/mol. The van der Waals surface area contributed by atoms with Gasteiger partial charge in [0.25, 0.3) is 0 Å². The van der Waals surface area contributed by atoms with Crippen molar-refractivity contribution in [3.8, 4) is 34.1 Å². The highest BCUT2D eigenvalue weighted by Gasteiger charge is 2.42. The van der Waals surface area contributed by atoms with Gasteiger partial charge in [-0.15, -0.1) is 0 Å². The van der Waals surface area contributed by atoms with Crippen molar-refractivity contribution in [3.63, 3.8) is 0 Å². The number of hydrogen-bond donors (Lipinski definition) is 1. The molecule has 0 aromatic heterocycles. The SMILES string of the molecule is COc1cc2c(cc1O)CC1c3c(cc(OC)c(OC)c3-2)CC[N+]1(C)[O-]. The minimum atomic E-state index is -0.332. The summed E-state index contributed by atoms with van der Waals surface area (Å²) in [5, 5.41) is 23.4. The van der Waals surface area contributed by atoms with Gasteiger partial charge in [0.1, 0.15) is 6.04 Å². The van der Waals surface area contributed by atoms with Gasteiger partial charge in [-0.25, -0.2) is 0 Å². The molecule has 6 heteroatoms. The molecule has 4 rings (SSSR count). The smallest absolute Gasteiger partial charge is 0.169 e. The van der Waals surface area contributed by atoms with E-state index in [4.69, 9.17) is 14.2 Å². The maximum atomic E-state index is 13.2. The average Bonchev–Trinajstić information content (AvgIpc) is 2.63. The van der Waals surface area contributed by atoms with Crippen LogP contribution < -0.4 is 14.2 Å². The Hall–Kier alpha value is -2.44. The Morgan fingerprint density at radius 1 is 1.04 bits per heavy atom. The Bertz CT molecular complexity index is 891. The minimum Gasteiger partial charge on any atom is -0.633 e. The lowest BCUT2D eigenvalue weighted by molar-refractivity contribution is -0.894. The van der Waals surface area contributed by atoms with E-state index in [2.05, 4.69) is 0 Å². The van der Waals surface area contributed by atoms with Gasteiger partial charge in [-0.1, -0.05) is 0 Å². The number of benzene rings is 2. The van der Waals surface area contributed by atoms with Crippen LogP contribution in [0.2, 0.25) is 0 Å². The van der Waals surface area contributed by atoms with Gasteiger partial charge in [0.05, 0.1) is 34.9 Å². The van der Waals surface area contributed by atoms with Crippen LogP contribution in [0.15, 0.2) is 18.2 Å². The zero-order valence-corrected chi connectivity index (χ0v) is 15.5. The summed E-state index contributed by atoms with van der Waals surface area (Å²) in [6.45, 7) is 0.518. The van der Waals surface area contributed by atoms with E-state index in [1.54, 1.807) is 27.3 Å². The van der Waals surface area contributed by atoms with E-state index in [9.17, 15) is 10.3 Å². The molecule has 2 aliphatic rings. The number of likely N-dealkylation sites (N-methyl/N-ethyl adjacent to an activating group) is 1. The molecule has 0 bridgehead atoms. The lowest BCUT2D eigenvalue weighted by atomic mass is 9.76. The molecule has 1 aliphatic heterocycles. The molecule has 0 saturated carbocycles. The summed E-state index contributed by atoms with van der Waals surface area (Å²) in [5.41, 5.74) is 4.88. The first-order valence-corrected chi connectivity index (χ1v) is 8.65. The van der Waals surface area contributed by atoms with Crippen molar-refractivity contribution in [2.75, 3.05) is 34.9 Å². The zero-order chi connectivity index (χ0) is 18.6. The summed E-state index contributed by atoms with van der Waals surface area (Å²) < 4.78 is 16.2. The van der Waals surface area contributed by atoms with Gasteiger partial charge < -0.3 is 29.2 Å². The number of fused-ring (bicyclic) bond motifs is 2. The third-order valence-corrected chi connectivity index (χ3v) is 5.70. The molecule has 1 heterocycles. The van der Waals surface area contributed by atoms with Crippen molar-refractivity contribution in [1.29, 1.82) is 0 Å². The van der Waals surface area contributed by atoms with Gasteiger partial charge in [-0.2, -0.15) is 0 Å². The van der Waals surface area contributed by atoms with Crippen molar-refractivity contribution in [1.82, 2.24) is 0 Å². The Morgan fingerprint density at radius 3 is 2.42 bits per heavy atom. The van der Waals surface area contributed by atoms with E-state index in [1.807, 2.05) is 12.1 Å². The second-order valence-corrected chi connectivity index (χ2v) is 7.11. The third kappa shape index (κ3) is 2.26. The van der Waals surface area contributed by atoms with Crippen molar-refractivity contribution >= 4 is 0 Å². The van der Waals surface area contributed by atoms with E-state index >= 15 is 0 Å². The van der Waals surface area contributed by atoms with Crippen LogP contribution in [0.5, 0.6) is 23.0 Å². The van der Waals surface area contributed by atoms with Crippen LogP contribution in [0, 0.1) is 5.21 Å². The Morgan fingerprint density at radius 2 is 1.77 bits per heavy atom. The molecule has 0 amide bonds. The highest BCUT2D eigenvalue weighted by Crippen LogP contribution is 2.55. The van der Waals surface area contributed by atoms with Crippen molar-refractivity contribution in [3.05, 3.63) is 40.1 Å². The zero-order valence-electron chi connectivity index (χ0n) is 15.5. The van der Waals surface area contributed by atoms with Crippen LogP contribution >= 0.6 is 0 Å². The van der Waals surface area contributed by atoms with E-state index in [0.29, 0.717) is 36.6 Å². The highest BCUT2D eigenvalue weighted by molar-refractivity contribution is 5.84. The predicted molar refractivity (Wildman–Crippen MR) is 97.8 cm³/mol. The molecule has 1 aliphatic carbocycles. The first-order chi connectivity index (χ1) is 12.4. The fourth-order valence-electron chi connectivity index (χ4n) is 4.37. The first-order valence-electron chi connectivity index (χ1n) is 8.65. The molecule has 0 spiro atoms. The molecule has 1 N–H and O–H groups in total. The number of aromatic hydroxyl groups is 1. The van der Waals surface area contributed by atoms with Gasteiger partial charge in [-0.05, 0) is 34.9 Å². The standard InChI is InChI=1S/C20H23NO5/c1-21(23)6-5-11-9-17(25-3)20(26-4)19-13-10-16(24-2)15(22)8-12(13)7-14(21)18(11)19/h8-10,14,22H,5-7H2,1-4H3. The Balaban J connectivity index is 2.10. The van der Waals surface area contributed by atoms with E-state index < -0.39 is 0 Å². The van der Waals surface area contributed by atoms with Crippen molar-refractivity contribution in [2.24, 2.45) is 0 Å². The molecular formula is C20H23NO5. The molecule has 2 aromatic carbocycles. The number of rotatable bonds is 3. The van der Waals surface area contributed by atoms with Gasteiger partial charge in [0.15, 0.2) is 23.0 Å². The summed E-state index contributed by atoms with van der Waals surface area (Å²) in [6, 6.07) is 5.28. The van der Waals surface area contributed by atoms with Crippen LogP contribution in [0.4, 0.5) is 0 Å². The lowest BCUT2D eigenvalue weighted by Gasteiger charge is -2.51. The second kappa shape index (κ2) is 5.79. The molecule has 0 radical (unpaired) electrons. The molecule has 2 aromatic rings. The number of ether oxygens (including phenoxy) is 3. The van der Waals surface area contributed by atoms with Crippen LogP contribution in [0.25, 0.3) is 11.1 Å². The molecular weight excluding hydrogens is 334 g/mol. The Kier molecular flexibility index (Phi) is 3.78. The number of quaternary nitrogens is 1. The summed E-state index contributed by atoms with van der Waals surface area (Å²) in [7, 11) is 6.47. The minimum absolute atomic E-state index is 0.0766. The summed E-state index contributed by atoms with van der Waals surface area (Å²) in [5.74, 6) is 1.75. The summed E-state index contributed by atoms with van der Waals surface area (Å²) in [6.07, 6.45) is 1.27. The van der Waals surface area contributed by atoms with Gasteiger partial charge in [0, 0.05) is 24.0 Å². The molecule has 0 saturated heterocycles. The summed E-state index contributed by atoms with van der Waals surface area (Å²) >= 11 is 0. The number of phenolic OH excluding ortho intramolecular Hbond substituents is 1. The van der Waals surface area contributed by atoms with Crippen LogP contribution in [0.1, 0.15) is 22.7 Å². The highest BCUT2D eigenvalue weighted by atomic mass is 16.5. The Labute approximate surface area is 152 Å². The van der Waals surface area contributed by atoms with Gasteiger partial charge >= 0.3 is 0 Å². The normalized spacial score (nSPS) is 23.0. The molecule has 26 heavy (non-hydrogen) atoms. The van der Waals surface area contributed by atoms with E-state index in [-0.39, 0.29) is 16.4 Å². The third-order valence-electron chi connectivity index (χ3n) is 5.70. The largest absolute Gasteiger partial charge is 0.633 e. The van der Waals surface area contributed by atoms with Crippen LogP contribution in [-0.2, 0) is 12.8 Å². The second-order valence-electron chi connectivity index (χ2n) is 7.11. The summed E-state index contributed by atoms with van der Waals surface area (Å²) in [4.78, 5) is 0. The van der Waals surface area contributed by atoms with Crippen LogP contribution in [0.3, 0.4) is 0 Å². The number of phenols is 1. The van der Waals surface area contributed by atoms with E-state index in [0.717, 1.165) is 27.8 Å². The lowest BCUT2D eigenvalue weighted by Crippen LogP contribution is -2.48. The number of methoxy groups -OCH3 is 3. The van der Waals surface area contributed by atoms with Gasteiger partial charge in [-0.3, -0.25) is 0 Å². The fourth-order valence-corrected chi connectivity index (χ4v) is 4.37. The topological polar surface area (TPSA) is 71.0 Å². The molecule has 0 fully saturated rings. The molecule has 2 unspecified atom stereocenters. The van der Waals surface area contributed by atoms with Crippen LogP contribution in [-0.4, -0.2) is 44.7 Å². The quantitative estimate of drug-likeness (QED) is 0.675. The number of nitrogens with zero attached hydrogens (tertiary/aromatic N) is 1. The number of hydrogen-bond acceptors (Lipinski definition) is 5. The maximum absolute atomic E-state index is 13.2. The molecule has 138 valence electrons. The first kappa shape index (κ1) is 17.0. The van der Waals surface area contributed by atoms with Crippen molar-refractivity contribution < 1.29 is 24.0 Å². The fraction of sp³-hybridized carbons (Fsp3) is 0.400. The molecule has 6 nitrogen and oxygen atoms in total. The molecule has 2 atom stereocenters. The number of hydroxylamine groups is 3. The predicted octanol–water partition coefficient (Wildman–Crippen LogP) is 3.18. The van der Waals surface area contributed by atoms with Crippen molar-refractivity contribution in [2.45, 2.75) is 18.9 Å². The van der Waals surface area contributed by atoms with E-state index in [1.165, 1.54) is 7.11 Å².